The molecule has 0 saturated carbocycles. The SMILES string of the molecule is O=C1c2ccccc2C(=O)N1c1ncccc1C(Br)Br. The van der Waals surface area contributed by atoms with Crippen molar-refractivity contribution >= 4 is 49.5 Å². The zero-order chi connectivity index (χ0) is 14.3. The highest BCUT2D eigenvalue weighted by Crippen LogP contribution is 2.37. The van der Waals surface area contributed by atoms with E-state index in [1.54, 1.807) is 42.6 Å². The molecule has 0 aliphatic carbocycles. The van der Waals surface area contributed by atoms with Crippen LogP contribution in [0.2, 0.25) is 0 Å². The third-order valence-electron chi connectivity index (χ3n) is 3.06. The van der Waals surface area contributed by atoms with E-state index in [0.717, 1.165) is 10.5 Å². The number of imide groups is 1. The van der Waals surface area contributed by atoms with E-state index in [9.17, 15) is 9.59 Å². The minimum absolute atomic E-state index is 0.192. The topological polar surface area (TPSA) is 50.3 Å². The van der Waals surface area contributed by atoms with Gasteiger partial charge in [-0.15, -0.1) is 0 Å². The molecule has 3 rings (SSSR count). The summed E-state index contributed by atoms with van der Waals surface area (Å²) in [5, 5.41) is 0. The highest BCUT2D eigenvalue weighted by molar-refractivity contribution is 9.24. The number of alkyl halides is 2. The van der Waals surface area contributed by atoms with Gasteiger partial charge in [-0.2, -0.15) is 0 Å². The lowest BCUT2D eigenvalue weighted by Gasteiger charge is -2.17. The van der Waals surface area contributed by atoms with Crippen LogP contribution in [0.5, 0.6) is 0 Å². The van der Waals surface area contributed by atoms with Gasteiger partial charge in [0.1, 0.15) is 5.82 Å². The van der Waals surface area contributed by atoms with Gasteiger partial charge in [0, 0.05) is 11.8 Å². The van der Waals surface area contributed by atoms with E-state index in [1.807, 2.05) is 0 Å². The maximum atomic E-state index is 12.4. The Labute approximate surface area is 132 Å². The van der Waals surface area contributed by atoms with Crippen LogP contribution in [-0.4, -0.2) is 16.8 Å². The average molecular weight is 396 g/mol. The fraction of sp³-hybridized carbons (Fsp3) is 0.0714. The summed E-state index contributed by atoms with van der Waals surface area (Å²) in [5.41, 5.74) is 1.55. The van der Waals surface area contributed by atoms with E-state index in [0.29, 0.717) is 16.9 Å². The number of pyridine rings is 1. The maximum absolute atomic E-state index is 12.4. The third-order valence-corrected chi connectivity index (χ3v) is 4.04. The Hall–Kier alpha value is -1.53. The first kappa shape index (κ1) is 13.5. The number of hydrogen-bond acceptors (Lipinski definition) is 3. The van der Waals surface area contributed by atoms with Gasteiger partial charge < -0.3 is 0 Å². The zero-order valence-corrected chi connectivity index (χ0v) is 13.3. The molecule has 0 saturated heterocycles. The number of aromatic nitrogens is 1. The summed E-state index contributed by atoms with van der Waals surface area (Å²) in [7, 11) is 0. The molecule has 1 aliphatic rings. The van der Waals surface area contributed by atoms with Crippen molar-refractivity contribution in [2.45, 2.75) is 3.74 Å². The van der Waals surface area contributed by atoms with Gasteiger partial charge in [0.15, 0.2) is 0 Å². The van der Waals surface area contributed by atoms with E-state index in [1.165, 1.54) is 0 Å². The van der Waals surface area contributed by atoms with Crippen molar-refractivity contribution in [1.82, 2.24) is 4.98 Å². The molecule has 0 unspecified atom stereocenters. The van der Waals surface area contributed by atoms with Gasteiger partial charge in [-0.1, -0.05) is 50.1 Å². The molecule has 2 amide bonds. The van der Waals surface area contributed by atoms with Gasteiger partial charge in [0.05, 0.1) is 14.9 Å². The fourth-order valence-electron chi connectivity index (χ4n) is 2.15. The van der Waals surface area contributed by atoms with Crippen molar-refractivity contribution in [2.24, 2.45) is 0 Å². The first-order valence-electron chi connectivity index (χ1n) is 5.82. The second-order valence-electron chi connectivity index (χ2n) is 4.21. The summed E-state index contributed by atoms with van der Waals surface area (Å²) >= 11 is 6.77. The lowest BCUT2D eigenvalue weighted by molar-refractivity contribution is 0.0925. The number of halogens is 2. The van der Waals surface area contributed by atoms with Crippen molar-refractivity contribution in [1.29, 1.82) is 0 Å². The van der Waals surface area contributed by atoms with Crippen LogP contribution in [0.1, 0.15) is 30.0 Å². The summed E-state index contributed by atoms with van der Waals surface area (Å²) in [6.07, 6.45) is 1.56. The normalized spacial score (nSPS) is 14.1. The van der Waals surface area contributed by atoms with Crippen molar-refractivity contribution in [3.63, 3.8) is 0 Å². The molecule has 0 bridgehead atoms. The Morgan fingerprint density at radius 2 is 1.55 bits per heavy atom. The maximum Gasteiger partial charge on any atom is 0.267 e. The molecule has 6 heteroatoms. The van der Waals surface area contributed by atoms with Crippen LogP contribution in [-0.2, 0) is 0 Å². The molecule has 2 aromatic rings. The summed E-state index contributed by atoms with van der Waals surface area (Å²) in [6.45, 7) is 0. The summed E-state index contributed by atoms with van der Waals surface area (Å²) < 4.78 is -0.192. The summed E-state index contributed by atoms with van der Waals surface area (Å²) in [6, 6.07) is 10.3. The number of hydrogen-bond donors (Lipinski definition) is 0. The zero-order valence-electron chi connectivity index (χ0n) is 10.1. The number of amides is 2. The molecule has 0 N–H and O–H groups in total. The number of nitrogens with zero attached hydrogens (tertiary/aromatic N) is 2. The lowest BCUT2D eigenvalue weighted by Crippen LogP contribution is -2.31. The molecule has 1 aromatic heterocycles. The highest BCUT2D eigenvalue weighted by Gasteiger charge is 2.38. The van der Waals surface area contributed by atoms with Crippen LogP contribution in [0.15, 0.2) is 42.6 Å². The lowest BCUT2D eigenvalue weighted by atomic mass is 10.1. The average Bonchev–Trinajstić information content (AvgIpc) is 2.71. The van der Waals surface area contributed by atoms with E-state index in [-0.39, 0.29) is 15.6 Å². The number of rotatable bonds is 2. The first-order valence-corrected chi connectivity index (χ1v) is 7.65. The molecule has 1 aromatic carbocycles. The number of anilines is 1. The van der Waals surface area contributed by atoms with Crippen molar-refractivity contribution in [3.8, 4) is 0 Å². The number of carbonyl (C=O) groups is 2. The molecule has 2 heterocycles. The van der Waals surface area contributed by atoms with Gasteiger partial charge in [-0.3, -0.25) is 9.59 Å². The molecule has 0 atom stereocenters. The monoisotopic (exact) mass is 394 g/mol. The van der Waals surface area contributed by atoms with Gasteiger partial charge in [-0.25, -0.2) is 9.88 Å². The second-order valence-corrected chi connectivity index (χ2v) is 7.27. The standard InChI is InChI=1S/C14H8Br2N2O2/c15-11(16)10-6-3-7-17-12(10)18-13(19)8-4-1-2-5-9(8)14(18)20/h1-7,11H. The van der Waals surface area contributed by atoms with Crippen LogP contribution >= 0.6 is 31.9 Å². The third kappa shape index (κ3) is 1.99. The molecule has 0 radical (unpaired) electrons. The Morgan fingerprint density at radius 1 is 0.950 bits per heavy atom. The van der Waals surface area contributed by atoms with E-state index < -0.39 is 0 Å². The Kier molecular flexibility index (Phi) is 3.43. The predicted molar refractivity (Wildman–Crippen MR) is 82.4 cm³/mol. The van der Waals surface area contributed by atoms with E-state index in [4.69, 9.17) is 0 Å². The van der Waals surface area contributed by atoms with E-state index in [2.05, 4.69) is 36.8 Å². The second kappa shape index (κ2) is 5.10. The molecule has 1 aliphatic heterocycles. The van der Waals surface area contributed by atoms with Crippen LogP contribution in [0, 0.1) is 0 Å². The Morgan fingerprint density at radius 3 is 2.10 bits per heavy atom. The van der Waals surface area contributed by atoms with Gasteiger partial charge in [0.25, 0.3) is 11.8 Å². The predicted octanol–water partition coefficient (Wildman–Crippen LogP) is 3.67. The molecule has 0 fully saturated rings. The van der Waals surface area contributed by atoms with Crippen molar-refractivity contribution in [2.75, 3.05) is 4.90 Å². The Balaban J connectivity index is 2.15. The smallest absolute Gasteiger partial charge is 0.267 e. The number of carbonyl (C=O) groups excluding carboxylic acids is 2. The van der Waals surface area contributed by atoms with Crippen molar-refractivity contribution in [3.05, 3.63) is 59.3 Å². The van der Waals surface area contributed by atoms with Crippen LogP contribution < -0.4 is 4.90 Å². The van der Waals surface area contributed by atoms with Crippen molar-refractivity contribution < 1.29 is 9.59 Å². The van der Waals surface area contributed by atoms with Gasteiger partial charge >= 0.3 is 0 Å². The highest BCUT2D eigenvalue weighted by atomic mass is 79.9. The molecule has 4 nitrogen and oxygen atoms in total. The molecule has 20 heavy (non-hydrogen) atoms. The minimum Gasteiger partial charge on any atom is -0.268 e. The summed E-state index contributed by atoms with van der Waals surface area (Å²) in [5.74, 6) is -0.338. The molecular weight excluding hydrogens is 388 g/mol. The van der Waals surface area contributed by atoms with Crippen LogP contribution in [0.25, 0.3) is 0 Å². The number of benzene rings is 1. The number of fused-ring (bicyclic) bond motifs is 1. The molecule has 100 valence electrons. The molecular formula is C14H8Br2N2O2. The van der Waals surface area contributed by atoms with E-state index >= 15 is 0 Å². The fourth-order valence-corrected chi connectivity index (χ4v) is 2.86. The molecule has 0 spiro atoms. The Bertz CT molecular complexity index is 681. The minimum atomic E-state index is -0.341. The first-order chi connectivity index (χ1) is 9.61. The summed E-state index contributed by atoms with van der Waals surface area (Å²) in [4.78, 5) is 30.1. The quantitative estimate of drug-likeness (QED) is 0.575. The van der Waals surface area contributed by atoms with Crippen LogP contribution in [0.4, 0.5) is 5.82 Å². The van der Waals surface area contributed by atoms with Gasteiger partial charge in [0.2, 0.25) is 0 Å². The largest absolute Gasteiger partial charge is 0.268 e. The van der Waals surface area contributed by atoms with Gasteiger partial charge in [-0.05, 0) is 18.2 Å². The van der Waals surface area contributed by atoms with Crippen LogP contribution in [0.3, 0.4) is 0 Å².